The van der Waals surface area contributed by atoms with Gasteiger partial charge in [0.25, 0.3) is 0 Å². The van der Waals surface area contributed by atoms with Gasteiger partial charge >= 0.3 is 5.97 Å². The molecule has 1 aliphatic carbocycles. The molecule has 1 aliphatic rings. The minimum Gasteiger partial charge on any atom is -0.465 e. The topological polar surface area (TPSA) is 43.4 Å². The van der Waals surface area contributed by atoms with E-state index in [4.69, 9.17) is 4.74 Å². The second-order valence-electron chi connectivity index (χ2n) is 5.93. The van der Waals surface area contributed by atoms with Gasteiger partial charge in [0.2, 0.25) is 0 Å². The Hall–Kier alpha value is -1.90. The molecule has 3 nitrogen and oxygen atoms in total. The Labute approximate surface area is 132 Å². The normalized spacial score (nSPS) is 21.4. The molecule has 2 atom stereocenters. The van der Waals surface area contributed by atoms with Gasteiger partial charge in [-0.1, -0.05) is 42.5 Å². The van der Waals surface area contributed by atoms with Crippen LogP contribution in [0.25, 0.3) is 0 Å². The summed E-state index contributed by atoms with van der Waals surface area (Å²) in [6.45, 7) is 2.38. The van der Waals surface area contributed by atoms with Crippen molar-refractivity contribution in [2.75, 3.05) is 6.61 Å². The SMILES string of the molecule is CC=CCC1CC(=O)CC1CC(=O)OCCc1ccccc1. The summed E-state index contributed by atoms with van der Waals surface area (Å²) >= 11 is 0. The first-order chi connectivity index (χ1) is 10.7. The van der Waals surface area contributed by atoms with Crippen molar-refractivity contribution in [2.24, 2.45) is 11.8 Å². The monoisotopic (exact) mass is 300 g/mol. The van der Waals surface area contributed by atoms with Crippen molar-refractivity contribution < 1.29 is 14.3 Å². The quantitative estimate of drug-likeness (QED) is 0.569. The Balaban J connectivity index is 1.74. The molecule has 22 heavy (non-hydrogen) atoms. The number of carbonyl (C=O) groups excluding carboxylic acids is 2. The highest BCUT2D eigenvalue weighted by Crippen LogP contribution is 2.34. The van der Waals surface area contributed by atoms with Crippen LogP contribution in [0.2, 0.25) is 0 Å². The molecular formula is C19H24O3. The first-order valence-electron chi connectivity index (χ1n) is 8.01. The molecule has 2 rings (SSSR count). The fraction of sp³-hybridized carbons (Fsp3) is 0.474. The van der Waals surface area contributed by atoms with Crippen LogP contribution in [0.3, 0.4) is 0 Å². The number of rotatable bonds is 7. The molecule has 0 bridgehead atoms. The lowest BCUT2D eigenvalue weighted by molar-refractivity contribution is -0.144. The van der Waals surface area contributed by atoms with Crippen LogP contribution in [0, 0.1) is 11.8 Å². The molecule has 0 spiro atoms. The van der Waals surface area contributed by atoms with E-state index in [2.05, 4.69) is 6.08 Å². The number of ether oxygens (including phenoxy) is 1. The van der Waals surface area contributed by atoms with Gasteiger partial charge in [-0.05, 0) is 30.7 Å². The van der Waals surface area contributed by atoms with Crippen molar-refractivity contribution in [3.8, 4) is 0 Å². The minimum absolute atomic E-state index is 0.146. The van der Waals surface area contributed by atoms with Crippen LogP contribution in [-0.2, 0) is 20.7 Å². The summed E-state index contributed by atoms with van der Waals surface area (Å²) in [5, 5.41) is 0. The predicted molar refractivity (Wildman–Crippen MR) is 86.4 cm³/mol. The minimum atomic E-state index is -0.180. The van der Waals surface area contributed by atoms with E-state index in [1.54, 1.807) is 0 Å². The molecule has 3 heteroatoms. The van der Waals surface area contributed by atoms with Gasteiger partial charge in [0.1, 0.15) is 5.78 Å². The van der Waals surface area contributed by atoms with Crippen molar-refractivity contribution in [2.45, 2.75) is 39.0 Å². The van der Waals surface area contributed by atoms with Crippen LogP contribution in [0.1, 0.15) is 38.2 Å². The molecule has 1 aromatic rings. The number of carbonyl (C=O) groups is 2. The summed E-state index contributed by atoms with van der Waals surface area (Å²) in [4.78, 5) is 23.6. The van der Waals surface area contributed by atoms with Gasteiger partial charge in [-0.2, -0.15) is 0 Å². The van der Waals surface area contributed by atoms with Gasteiger partial charge in [0.15, 0.2) is 0 Å². The number of hydrogen-bond acceptors (Lipinski definition) is 3. The van der Waals surface area contributed by atoms with Crippen molar-refractivity contribution in [3.05, 3.63) is 48.0 Å². The first-order valence-corrected chi connectivity index (χ1v) is 8.01. The molecule has 1 saturated carbocycles. The van der Waals surface area contributed by atoms with Gasteiger partial charge in [0.05, 0.1) is 6.61 Å². The van der Waals surface area contributed by atoms with E-state index in [0.29, 0.717) is 31.8 Å². The second kappa shape index (κ2) is 8.52. The molecule has 2 unspecified atom stereocenters. The van der Waals surface area contributed by atoms with Crippen molar-refractivity contribution in [1.29, 1.82) is 0 Å². The zero-order valence-corrected chi connectivity index (χ0v) is 13.2. The fourth-order valence-corrected chi connectivity index (χ4v) is 3.03. The molecule has 118 valence electrons. The van der Waals surface area contributed by atoms with Crippen LogP contribution in [0.15, 0.2) is 42.5 Å². The Morgan fingerprint density at radius 1 is 1.23 bits per heavy atom. The maximum atomic E-state index is 12.0. The van der Waals surface area contributed by atoms with E-state index in [-0.39, 0.29) is 17.7 Å². The number of esters is 1. The number of hydrogen-bond donors (Lipinski definition) is 0. The van der Waals surface area contributed by atoms with Crippen LogP contribution in [-0.4, -0.2) is 18.4 Å². The third kappa shape index (κ3) is 5.14. The molecule has 0 aromatic heterocycles. The molecular weight excluding hydrogens is 276 g/mol. The van der Waals surface area contributed by atoms with Gasteiger partial charge in [-0.15, -0.1) is 0 Å². The lowest BCUT2D eigenvalue weighted by Crippen LogP contribution is -2.16. The average Bonchev–Trinajstić information content (AvgIpc) is 2.85. The number of allylic oxidation sites excluding steroid dienone is 2. The lowest BCUT2D eigenvalue weighted by Gasteiger charge is -2.16. The van der Waals surface area contributed by atoms with E-state index >= 15 is 0 Å². The van der Waals surface area contributed by atoms with E-state index in [0.717, 1.165) is 18.4 Å². The van der Waals surface area contributed by atoms with Crippen molar-refractivity contribution in [3.63, 3.8) is 0 Å². The van der Waals surface area contributed by atoms with Gasteiger partial charge in [-0.25, -0.2) is 0 Å². The summed E-state index contributed by atoms with van der Waals surface area (Å²) in [6.07, 6.45) is 7.18. The Morgan fingerprint density at radius 3 is 2.68 bits per heavy atom. The highest BCUT2D eigenvalue weighted by Gasteiger charge is 2.33. The lowest BCUT2D eigenvalue weighted by atomic mass is 9.90. The summed E-state index contributed by atoms with van der Waals surface area (Å²) in [5.41, 5.74) is 1.16. The summed E-state index contributed by atoms with van der Waals surface area (Å²) in [6, 6.07) is 9.98. The molecule has 0 radical (unpaired) electrons. The van der Waals surface area contributed by atoms with Crippen molar-refractivity contribution in [1.82, 2.24) is 0 Å². The van der Waals surface area contributed by atoms with E-state index < -0.39 is 0 Å². The molecule has 0 amide bonds. The van der Waals surface area contributed by atoms with E-state index in [1.807, 2.05) is 43.3 Å². The van der Waals surface area contributed by atoms with Gasteiger partial charge < -0.3 is 4.74 Å². The summed E-state index contributed by atoms with van der Waals surface area (Å²) in [5.74, 6) is 0.538. The second-order valence-corrected chi connectivity index (χ2v) is 5.93. The fourth-order valence-electron chi connectivity index (χ4n) is 3.03. The van der Waals surface area contributed by atoms with Crippen LogP contribution in [0.5, 0.6) is 0 Å². The van der Waals surface area contributed by atoms with Crippen LogP contribution >= 0.6 is 0 Å². The predicted octanol–water partition coefficient (Wildman–Crippen LogP) is 3.72. The number of ketones is 1. The van der Waals surface area contributed by atoms with Gasteiger partial charge in [-0.3, -0.25) is 9.59 Å². The molecule has 1 aromatic carbocycles. The Kier molecular flexibility index (Phi) is 6.38. The van der Waals surface area contributed by atoms with E-state index in [9.17, 15) is 9.59 Å². The van der Waals surface area contributed by atoms with E-state index in [1.165, 1.54) is 0 Å². The molecule has 1 fully saturated rings. The number of benzene rings is 1. The van der Waals surface area contributed by atoms with Crippen LogP contribution in [0.4, 0.5) is 0 Å². The Bertz CT molecular complexity index is 519. The zero-order chi connectivity index (χ0) is 15.8. The molecule has 0 heterocycles. The molecule has 0 aliphatic heterocycles. The third-order valence-electron chi connectivity index (χ3n) is 4.25. The Morgan fingerprint density at radius 2 is 1.95 bits per heavy atom. The van der Waals surface area contributed by atoms with Crippen LogP contribution < -0.4 is 0 Å². The smallest absolute Gasteiger partial charge is 0.306 e. The number of Topliss-reactive ketones (excluding diaryl/α,β-unsaturated/α-hetero) is 1. The first kappa shape index (κ1) is 16.5. The molecule has 0 N–H and O–H groups in total. The highest BCUT2D eigenvalue weighted by atomic mass is 16.5. The largest absolute Gasteiger partial charge is 0.465 e. The standard InChI is InChI=1S/C19H24O3/c1-2-3-9-16-12-18(20)13-17(16)14-19(21)22-11-10-15-7-5-4-6-8-15/h2-8,16-17H,9-14H2,1H3. The van der Waals surface area contributed by atoms with Crippen molar-refractivity contribution >= 4 is 11.8 Å². The third-order valence-corrected chi connectivity index (χ3v) is 4.25. The highest BCUT2D eigenvalue weighted by molar-refractivity contribution is 5.82. The zero-order valence-electron chi connectivity index (χ0n) is 13.2. The molecule has 0 saturated heterocycles. The maximum Gasteiger partial charge on any atom is 0.306 e. The average molecular weight is 300 g/mol. The summed E-state index contributed by atoms with van der Waals surface area (Å²) < 4.78 is 5.33. The maximum absolute atomic E-state index is 12.0. The summed E-state index contributed by atoms with van der Waals surface area (Å²) in [7, 11) is 0. The van der Waals surface area contributed by atoms with Gasteiger partial charge in [0, 0.05) is 25.7 Å².